The van der Waals surface area contributed by atoms with Gasteiger partial charge in [-0.1, -0.05) is 47.7 Å². The number of rotatable bonds is 4. The van der Waals surface area contributed by atoms with Crippen LogP contribution in [0.5, 0.6) is 5.75 Å². The Hall–Kier alpha value is -3.12. The van der Waals surface area contributed by atoms with Gasteiger partial charge in [0.15, 0.2) is 6.61 Å². The lowest BCUT2D eigenvalue weighted by Gasteiger charge is -2.10. The van der Waals surface area contributed by atoms with E-state index in [-0.39, 0.29) is 17.4 Å². The Morgan fingerprint density at radius 2 is 1.92 bits per heavy atom. The first-order valence-corrected chi connectivity index (χ1v) is 8.93. The largest absolute Gasteiger partial charge is 0.483 e. The summed E-state index contributed by atoms with van der Waals surface area (Å²) in [6.45, 7) is -0.0862. The molecule has 0 atom stereocenters. The van der Waals surface area contributed by atoms with E-state index in [0.29, 0.717) is 11.4 Å². The van der Waals surface area contributed by atoms with Gasteiger partial charge in [-0.15, -0.1) is 0 Å². The first-order valence-electron chi connectivity index (χ1n) is 8.12. The van der Waals surface area contributed by atoms with E-state index in [1.165, 1.54) is 0 Å². The number of aryl methyl sites for hydroxylation is 1. The van der Waals surface area contributed by atoms with Gasteiger partial charge in [-0.2, -0.15) is 0 Å². The minimum Gasteiger partial charge on any atom is -0.483 e. The quantitative estimate of drug-likeness (QED) is 0.600. The number of carbonyl (C=O) groups is 1. The third kappa shape index (κ3) is 3.07. The van der Waals surface area contributed by atoms with Crippen LogP contribution in [0.3, 0.4) is 0 Å². The Labute approximate surface area is 153 Å². The number of hydrogen-bond donors (Lipinski definition) is 1. The maximum atomic E-state index is 12.2. The van der Waals surface area contributed by atoms with Crippen LogP contribution in [0, 0.1) is 0 Å². The molecule has 0 saturated carbocycles. The van der Waals surface area contributed by atoms with Gasteiger partial charge >= 0.3 is 4.87 Å². The molecule has 130 valence electrons. The zero-order chi connectivity index (χ0) is 18.1. The van der Waals surface area contributed by atoms with Gasteiger partial charge in [-0.05, 0) is 29.7 Å². The lowest BCUT2D eigenvalue weighted by molar-refractivity contribution is -0.118. The molecule has 0 unspecified atom stereocenters. The van der Waals surface area contributed by atoms with Gasteiger partial charge < -0.3 is 14.6 Å². The highest BCUT2D eigenvalue weighted by Crippen LogP contribution is 2.25. The lowest BCUT2D eigenvalue weighted by atomic mass is 10.1. The molecule has 3 aromatic carbocycles. The average Bonchev–Trinajstić information content (AvgIpc) is 2.93. The number of benzene rings is 3. The van der Waals surface area contributed by atoms with Gasteiger partial charge in [0, 0.05) is 18.1 Å². The summed E-state index contributed by atoms with van der Waals surface area (Å²) in [5.41, 5.74) is 1.50. The van der Waals surface area contributed by atoms with Crippen LogP contribution in [0.4, 0.5) is 5.69 Å². The molecule has 1 amide bonds. The number of nitrogens with zero attached hydrogens (tertiary/aromatic N) is 1. The van der Waals surface area contributed by atoms with Crippen molar-refractivity contribution in [1.82, 2.24) is 4.57 Å². The summed E-state index contributed by atoms with van der Waals surface area (Å²) in [4.78, 5) is 23.9. The van der Waals surface area contributed by atoms with E-state index in [4.69, 9.17) is 4.74 Å². The second-order valence-corrected chi connectivity index (χ2v) is 6.92. The van der Waals surface area contributed by atoms with Crippen molar-refractivity contribution in [1.29, 1.82) is 0 Å². The van der Waals surface area contributed by atoms with Crippen LogP contribution in [-0.2, 0) is 11.8 Å². The minimum absolute atomic E-state index is 0.0252. The third-order valence-corrected chi connectivity index (χ3v) is 5.18. The highest BCUT2D eigenvalue weighted by molar-refractivity contribution is 7.16. The average molecular weight is 364 g/mol. The normalized spacial score (nSPS) is 11.0. The van der Waals surface area contributed by atoms with E-state index < -0.39 is 0 Å². The molecule has 5 nitrogen and oxygen atoms in total. The van der Waals surface area contributed by atoms with Crippen LogP contribution in [0.15, 0.2) is 65.5 Å². The smallest absolute Gasteiger partial charge is 0.307 e. The van der Waals surface area contributed by atoms with Crippen molar-refractivity contribution in [3.63, 3.8) is 0 Å². The molecular weight excluding hydrogens is 348 g/mol. The topological polar surface area (TPSA) is 60.3 Å². The molecule has 0 bridgehead atoms. The second-order valence-electron chi connectivity index (χ2n) is 5.92. The maximum Gasteiger partial charge on any atom is 0.307 e. The van der Waals surface area contributed by atoms with Crippen LogP contribution in [0.2, 0.25) is 0 Å². The number of carbonyl (C=O) groups excluding carboxylic acids is 1. The van der Waals surface area contributed by atoms with Crippen LogP contribution < -0.4 is 14.9 Å². The summed E-state index contributed by atoms with van der Waals surface area (Å²) >= 11 is 1.16. The van der Waals surface area contributed by atoms with Crippen molar-refractivity contribution in [2.24, 2.45) is 7.05 Å². The molecule has 0 radical (unpaired) electrons. The van der Waals surface area contributed by atoms with Crippen molar-refractivity contribution in [3.8, 4) is 5.75 Å². The molecule has 26 heavy (non-hydrogen) atoms. The molecule has 1 N–H and O–H groups in total. The molecule has 4 rings (SSSR count). The highest BCUT2D eigenvalue weighted by Gasteiger charge is 2.09. The summed E-state index contributed by atoms with van der Waals surface area (Å²) in [7, 11) is 1.73. The minimum atomic E-state index is -0.249. The fourth-order valence-corrected chi connectivity index (χ4v) is 3.79. The molecule has 0 saturated heterocycles. The van der Waals surface area contributed by atoms with Crippen molar-refractivity contribution in [2.45, 2.75) is 0 Å². The Kier molecular flexibility index (Phi) is 4.18. The van der Waals surface area contributed by atoms with Crippen LogP contribution in [-0.4, -0.2) is 17.1 Å². The van der Waals surface area contributed by atoms with Crippen molar-refractivity contribution in [3.05, 3.63) is 70.3 Å². The van der Waals surface area contributed by atoms with Crippen LogP contribution in [0.25, 0.3) is 21.0 Å². The SMILES string of the molecule is Cn1c(=O)sc2cc(NC(=O)COc3cccc4ccccc34)ccc21. The van der Waals surface area contributed by atoms with Crippen molar-refractivity contribution >= 4 is 43.9 Å². The Morgan fingerprint density at radius 1 is 1.12 bits per heavy atom. The first-order chi connectivity index (χ1) is 12.6. The fraction of sp³-hybridized carbons (Fsp3) is 0.100. The van der Waals surface area contributed by atoms with E-state index in [1.807, 2.05) is 48.5 Å². The van der Waals surface area contributed by atoms with Crippen molar-refractivity contribution in [2.75, 3.05) is 11.9 Å². The molecule has 0 spiro atoms. The Morgan fingerprint density at radius 3 is 2.81 bits per heavy atom. The summed E-state index contributed by atoms with van der Waals surface area (Å²) in [5, 5.41) is 4.85. The molecule has 0 fully saturated rings. The van der Waals surface area contributed by atoms with Crippen LogP contribution >= 0.6 is 11.3 Å². The zero-order valence-corrected chi connectivity index (χ0v) is 14.9. The molecule has 4 aromatic rings. The predicted octanol–water partition coefficient (Wildman–Crippen LogP) is 3.77. The van der Waals surface area contributed by atoms with Gasteiger partial charge in [0.2, 0.25) is 0 Å². The first kappa shape index (κ1) is 16.4. The number of anilines is 1. The van der Waals surface area contributed by atoms with E-state index in [9.17, 15) is 9.59 Å². The molecule has 6 heteroatoms. The van der Waals surface area contributed by atoms with Gasteiger partial charge in [-0.3, -0.25) is 9.59 Å². The molecular formula is C20H16N2O3S. The zero-order valence-electron chi connectivity index (χ0n) is 14.1. The number of fused-ring (bicyclic) bond motifs is 2. The van der Waals surface area contributed by atoms with E-state index in [0.717, 1.165) is 32.3 Å². The molecule has 0 aliphatic rings. The Balaban J connectivity index is 1.48. The van der Waals surface area contributed by atoms with E-state index >= 15 is 0 Å². The summed E-state index contributed by atoms with van der Waals surface area (Å²) in [5.74, 6) is 0.426. The number of thiazole rings is 1. The van der Waals surface area contributed by atoms with Gasteiger partial charge in [-0.25, -0.2) is 0 Å². The van der Waals surface area contributed by atoms with Gasteiger partial charge in [0.25, 0.3) is 5.91 Å². The number of ether oxygens (including phenoxy) is 1. The standard InChI is InChI=1S/C20H16N2O3S/c1-22-16-10-9-14(11-18(16)26-20(22)24)21-19(23)12-25-17-8-4-6-13-5-2-3-7-15(13)17/h2-11H,12H2,1H3,(H,21,23). The monoisotopic (exact) mass is 364 g/mol. The van der Waals surface area contributed by atoms with Gasteiger partial charge in [0.1, 0.15) is 5.75 Å². The number of amides is 1. The van der Waals surface area contributed by atoms with Gasteiger partial charge in [0.05, 0.1) is 10.2 Å². The van der Waals surface area contributed by atoms with E-state index in [1.54, 1.807) is 23.7 Å². The second kappa shape index (κ2) is 6.65. The third-order valence-electron chi connectivity index (χ3n) is 4.18. The molecule has 0 aliphatic heterocycles. The predicted molar refractivity (Wildman–Crippen MR) is 105 cm³/mol. The fourth-order valence-electron chi connectivity index (χ4n) is 2.87. The molecule has 0 aliphatic carbocycles. The number of aromatic nitrogens is 1. The molecule has 1 heterocycles. The number of nitrogens with one attached hydrogen (secondary N) is 1. The summed E-state index contributed by atoms with van der Waals surface area (Å²) in [6, 6.07) is 19.0. The maximum absolute atomic E-state index is 12.2. The highest BCUT2D eigenvalue weighted by atomic mass is 32.1. The number of hydrogen-bond acceptors (Lipinski definition) is 4. The lowest BCUT2D eigenvalue weighted by Crippen LogP contribution is -2.20. The van der Waals surface area contributed by atoms with Crippen molar-refractivity contribution < 1.29 is 9.53 Å². The summed E-state index contributed by atoms with van der Waals surface area (Å²) in [6.07, 6.45) is 0. The molecule has 1 aromatic heterocycles. The van der Waals surface area contributed by atoms with Crippen LogP contribution in [0.1, 0.15) is 0 Å². The Bertz CT molecular complexity index is 1170. The summed E-state index contributed by atoms with van der Waals surface area (Å²) < 4.78 is 8.13. The van der Waals surface area contributed by atoms with E-state index in [2.05, 4.69) is 5.32 Å².